The number of hydrogen-bond acceptors (Lipinski definition) is 6. The van der Waals surface area contributed by atoms with Gasteiger partial charge in [0, 0.05) is 11.3 Å². The molecule has 0 N–H and O–H groups in total. The fourth-order valence-electron chi connectivity index (χ4n) is 0.532. The van der Waals surface area contributed by atoms with Crippen LogP contribution in [0.4, 0.5) is 13.2 Å². The minimum absolute atomic E-state index is 0.794. The maximum atomic E-state index is 12.0. The van der Waals surface area contributed by atoms with Crippen LogP contribution in [0.25, 0.3) is 0 Å². The summed E-state index contributed by atoms with van der Waals surface area (Å²) in [5.74, 6) is -0.865. The molecular weight excluding hydrogens is 309 g/mol. The van der Waals surface area contributed by atoms with Crippen LogP contribution in [0.1, 0.15) is 0 Å². The molecule has 0 fully saturated rings. The molecule has 13 heteroatoms. The average Bonchev–Trinajstić information content (AvgIpc) is 1.96. The van der Waals surface area contributed by atoms with Crippen molar-refractivity contribution in [2.24, 2.45) is 3.77 Å². The zero-order chi connectivity index (χ0) is 13.9. The Hall–Kier alpha value is -0.500. The molecule has 0 aromatic heterocycles. The summed E-state index contributed by atoms with van der Waals surface area (Å²) in [6, 6.07) is 0. The lowest BCUT2D eigenvalue weighted by Crippen LogP contribution is -2.37. The zero-order valence-corrected chi connectivity index (χ0v) is 10.2. The monoisotopic (exact) mass is 314 g/mol. The molecule has 17 heavy (non-hydrogen) atoms. The molecule has 0 saturated carbocycles. The highest BCUT2D eigenvalue weighted by atomic mass is 32.3. The van der Waals surface area contributed by atoms with Gasteiger partial charge in [0.1, 0.15) is 0 Å². The predicted molar refractivity (Wildman–Crippen MR) is 51.3 cm³/mol. The first kappa shape index (κ1) is 16.5. The Morgan fingerprint density at radius 2 is 2.00 bits per heavy atom. The number of sulfonamides is 1. The Morgan fingerprint density at radius 1 is 1.53 bits per heavy atom. The van der Waals surface area contributed by atoms with Gasteiger partial charge >= 0.3 is 6.30 Å². The highest BCUT2D eigenvalue weighted by Gasteiger charge is 2.34. The van der Waals surface area contributed by atoms with Crippen LogP contribution in [0, 0.1) is 0 Å². The van der Waals surface area contributed by atoms with E-state index in [1.165, 1.54) is 0 Å². The molecule has 0 radical (unpaired) electrons. The van der Waals surface area contributed by atoms with E-state index in [9.17, 15) is 34.6 Å². The second kappa shape index (κ2) is 5.90. The topological polar surface area (TPSA) is 107 Å². The normalized spacial score (nSPS) is 17.0. The van der Waals surface area contributed by atoms with E-state index >= 15 is 0 Å². The van der Waals surface area contributed by atoms with Crippen LogP contribution >= 0.6 is 0 Å². The molecule has 0 aliphatic carbocycles. The van der Waals surface area contributed by atoms with Gasteiger partial charge in [0.15, 0.2) is 0 Å². The van der Waals surface area contributed by atoms with E-state index in [2.05, 4.69) is 10.3 Å². The van der Waals surface area contributed by atoms with Crippen molar-refractivity contribution in [1.82, 2.24) is 3.71 Å². The lowest BCUT2D eigenvalue weighted by Gasteiger charge is -2.29. The molecule has 0 spiro atoms. The van der Waals surface area contributed by atoms with Crippen LogP contribution < -0.4 is 0 Å². The maximum absolute atomic E-state index is 12.0. The summed E-state index contributed by atoms with van der Waals surface area (Å²) >= 11 is -3.97. The van der Waals surface area contributed by atoms with Gasteiger partial charge in [-0.1, -0.05) is 16.9 Å². The molecule has 1 unspecified atom stereocenters. The van der Waals surface area contributed by atoms with Crippen molar-refractivity contribution in [3.8, 4) is 0 Å². The van der Waals surface area contributed by atoms with Crippen molar-refractivity contribution < 1.29 is 34.6 Å². The first-order valence-corrected chi connectivity index (χ1v) is 7.16. The quantitative estimate of drug-likeness (QED) is 0.311. The van der Waals surface area contributed by atoms with E-state index in [-0.39, 0.29) is 0 Å². The molecule has 1 atom stereocenters. The van der Waals surface area contributed by atoms with Gasteiger partial charge in [0.05, 0.1) is 5.75 Å². The Kier molecular flexibility index (Phi) is 5.73. The van der Waals surface area contributed by atoms with Gasteiger partial charge in [-0.25, -0.2) is 8.42 Å². The van der Waals surface area contributed by atoms with Crippen molar-refractivity contribution in [2.75, 3.05) is 5.75 Å². The van der Waals surface area contributed by atoms with Crippen molar-refractivity contribution in [3.63, 3.8) is 0 Å². The fraction of sp³-hybridized carbons (Fsp3) is 0.500. The molecule has 0 rings (SSSR count). The summed E-state index contributed by atoms with van der Waals surface area (Å²) in [4.78, 5) is 0. The van der Waals surface area contributed by atoms with Crippen LogP contribution in [0.3, 0.4) is 0 Å². The van der Waals surface area contributed by atoms with Crippen LogP contribution in [0.2, 0.25) is 0 Å². The smallest absolute Gasteiger partial charge is 0.454 e. The minimum Gasteiger partial charge on any atom is -0.761 e. The Labute approximate surface area is 99.1 Å². The fourth-order valence-corrected chi connectivity index (χ4v) is 3.10. The van der Waals surface area contributed by atoms with Gasteiger partial charge in [-0.3, -0.25) is 7.98 Å². The summed E-state index contributed by atoms with van der Waals surface area (Å²) < 4.78 is 89.8. The van der Waals surface area contributed by atoms with E-state index in [1.54, 1.807) is 0 Å². The molecule has 102 valence electrons. The predicted octanol–water partition coefficient (Wildman–Crippen LogP) is 0.181. The standard InChI is InChI=1S/C4H6F3N2O5S3/c1-2-3-17(13,14)8-15(10)9(16(11)12)4(5,6)7/h2H,1,3H2,(H,11,12)/q-1/p-1. The average molecular weight is 314 g/mol. The van der Waals surface area contributed by atoms with E-state index in [0.29, 0.717) is 0 Å². The first-order chi connectivity index (χ1) is 7.51. The summed E-state index contributed by atoms with van der Waals surface area (Å²) in [6.07, 6.45) is -4.74. The molecule has 0 heterocycles. The van der Waals surface area contributed by atoms with Crippen molar-refractivity contribution in [3.05, 3.63) is 12.7 Å². The van der Waals surface area contributed by atoms with Crippen molar-refractivity contribution in [1.29, 1.82) is 0 Å². The highest BCUT2D eigenvalue weighted by Crippen LogP contribution is 2.23. The number of rotatable bonds is 5. The third-order valence-electron chi connectivity index (χ3n) is 0.990. The van der Waals surface area contributed by atoms with Gasteiger partial charge < -0.3 is 8.76 Å². The third-order valence-corrected chi connectivity index (χ3v) is 4.78. The lowest BCUT2D eigenvalue weighted by molar-refractivity contribution is -0.179. The Morgan fingerprint density at radius 3 is 2.29 bits per heavy atom. The van der Waals surface area contributed by atoms with Gasteiger partial charge in [0.2, 0.25) is 10.0 Å². The van der Waals surface area contributed by atoms with Crippen LogP contribution in [0.15, 0.2) is 16.4 Å². The van der Waals surface area contributed by atoms with E-state index in [0.717, 1.165) is 6.08 Å². The van der Waals surface area contributed by atoms with Crippen molar-refractivity contribution >= 4 is 32.1 Å². The number of alkyl halides is 3. The molecule has 0 aromatic carbocycles. The molecule has 0 saturated heterocycles. The van der Waals surface area contributed by atoms with Gasteiger partial charge in [-0.05, 0) is 0 Å². The Balaban J connectivity index is 5.48. The second-order valence-electron chi connectivity index (χ2n) is 2.28. The summed E-state index contributed by atoms with van der Waals surface area (Å²) in [6.45, 7) is 2.99. The molecule has 0 bridgehead atoms. The third kappa shape index (κ3) is 5.58. The highest BCUT2D eigenvalue weighted by molar-refractivity contribution is 7.98. The molecule has 0 aliphatic rings. The van der Waals surface area contributed by atoms with Crippen LogP contribution in [0.5, 0.6) is 0 Å². The summed E-state index contributed by atoms with van der Waals surface area (Å²) in [5.41, 5.74) is 0. The Bertz CT molecular complexity index is 491. The summed E-state index contributed by atoms with van der Waals surface area (Å²) in [7, 11) is -8.12. The molecular formula is C4H5F3N2O5S3-2. The number of halogens is 3. The molecule has 0 aliphatic heterocycles. The summed E-state index contributed by atoms with van der Waals surface area (Å²) in [5, 5.41) is 0. The van der Waals surface area contributed by atoms with Crippen LogP contribution in [-0.2, 0) is 36.3 Å². The molecule has 0 aromatic rings. The van der Waals surface area contributed by atoms with E-state index in [1.807, 2.05) is 0 Å². The molecule has 0 amide bonds. The van der Waals surface area contributed by atoms with Gasteiger partial charge in [0.25, 0.3) is 0 Å². The van der Waals surface area contributed by atoms with E-state index in [4.69, 9.17) is 0 Å². The van der Waals surface area contributed by atoms with Gasteiger partial charge in [-0.2, -0.15) is 16.9 Å². The second-order valence-corrected chi connectivity index (χ2v) is 6.24. The molecule has 7 nitrogen and oxygen atoms in total. The van der Waals surface area contributed by atoms with Gasteiger partial charge in [-0.15, -0.1) is 6.58 Å². The first-order valence-electron chi connectivity index (χ1n) is 3.46. The zero-order valence-electron chi connectivity index (χ0n) is 7.79. The maximum Gasteiger partial charge on any atom is 0.454 e. The largest absolute Gasteiger partial charge is 0.761 e. The number of nitrogens with zero attached hydrogens (tertiary/aromatic N) is 2. The lowest BCUT2D eigenvalue weighted by atomic mass is 10.8. The number of hydrogen-bond donors (Lipinski definition) is 0. The van der Waals surface area contributed by atoms with E-state index < -0.39 is 47.8 Å². The van der Waals surface area contributed by atoms with Crippen molar-refractivity contribution in [2.45, 2.75) is 6.30 Å². The minimum atomic E-state index is -5.54. The SMILES string of the molecule is C=CCS(=O)(=O)N=[S-](=O)N(S(=O)[O-])C(F)(F)F. The van der Waals surface area contributed by atoms with Crippen LogP contribution in [-0.4, -0.2) is 32.9 Å².